The summed E-state index contributed by atoms with van der Waals surface area (Å²) in [4.78, 5) is 0. The molecule has 0 aromatic rings. The first kappa shape index (κ1) is 39.9. The molecule has 0 saturated carbocycles. The molecule has 0 unspecified atom stereocenters. The number of nitrogens with one attached hydrogen (secondary N) is 1. The van der Waals surface area contributed by atoms with Gasteiger partial charge in [0.2, 0.25) is 0 Å². The normalized spacial score (nSPS) is 12.3. The molecule has 0 aliphatic heterocycles. The van der Waals surface area contributed by atoms with Gasteiger partial charge in [-0.1, -0.05) is 140 Å². The summed E-state index contributed by atoms with van der Waals surface area (Å²) in [6.45, 7) is 8.66. The summed E-state index contributed by atoms with van der Waals surface area (Å²) in [6.07, 6.45) is 51.4. The highest BCUT2D eigenvalue weighted by Crippen LogP contribution is 2.09. The van der Waals surface area contributed by atoms with Gasteiger partial charge < -0.3 is 10.1 Å². The van der Waals surface area contributed by atoms with Crippen molar-refractivity contribution in [2.75, 3.05) is 26.3 Å². The molecule has 1 N–H and O–H groups in total. The predicted molar refractivity (Wildman–Crippen MR) is 187 cm³/mol. The van der Waals surface area contributed by atoms with Crippen LogP contribution in [0.4, 0.5) is 0 Å². The molecule has 0 atom stereocenters. The van der Waals surface area contributed by atoms with Crippen molar-refractivity contribution in [1.29, 1.82) is 0 Å². The van der Waals surface area contributed by atoms with Gasteiger partial charge in [-0.05, 0) is 96.6 Å². The van der Waals surface area contributed by atoms with Crippen LogP contribution in [0.1, 0.15) is 174 Å². The van der Waals surface area contributed by atoms with E-state index in [1.807, 2.05) is 0 Å². The lowest BCUT2D eigenvalue weighted by molar-refractivity contribution is 0.127. The van der Waals surface area contributed by atoms with Gasteiger partial charge in [0.1, 0.15) is 0 Å². The molecule has 2 nitrogen and oxygen atoms in total. The molecule has 0 heterocycles. The standard InChI is InChI=1S/C39H73NO/c1-3-5-7-9-11-13-15-17-19-21-23-25-27-29-31-33-36-40-37-35-39-41-38-34-32-30-28-26-24-22-20-18-16-14-12-10-8-6-4-2/h11-14,17-20,40H,3-10,15-16,21-39H2,1-2H3/b13-11?,14-12-,19-17?,20-18-. The Morgan fingerprint density at radius 3 is 1.22 bits per heavy atom. The van der Waals surface area contributed by atoms with Crippen molar-refractivity contribution in [3.63, 3.8) is 0 Å². The zero-order chi connectivity index (χ0) is 29.6. The van der Waals surface area contributed by atoms with Crippen LogP contribution in [0.15, 0.2) is 48.6 Å². The van der Waals surface area contributed by atoms with E-state index in [1.165, 1.54) is 148 Å². The molecule has 0 rings (SSSR count). The van der Waals surface area contributed by atoms with Crippen LogP contribution in [0.3, 0.4) is 0 Å². The topological polar surface area (TPSA) is 21.3 Å². The highest BCUT2D eigenvalue weighted by atomic mass is 16.5. The van der Waals surface area contributed by atoms with E-state index in [0.29, 0.717) is 0 Å². The van der Waals surface area contributed by atoms with Crippen LogP contribution in [0, 0.1) is 0 Å². The van der Waals surface area contributed by atoms with Crippen LogP contribution in [-0.4, -0.2) is 26.3 Å². The van der Waals surface area contributed by atoms with Crippen LogP contribution < -0.4 is 5.32 Å². The molecule has 0 spiro atoms. The molecular formula is C39H73NO. The molecule has 0 bridgehead atoms. The van der Waals surface area contributed by atoms with Crippen LogP contribution in [-0.2, 0) is 4.74 Å². The number of hydrogen-bond donors (Lipinski definition) is 1. The first-order chi connectivity index (χ1) is 20.4. The SMILES string of the molecule is CCCCCC=CCC=CCCCCCCCCNCCCOCCCCCCCC/C=C\C/C=C\CCCCC. The van der Waals surface area contributed by atoms with E-state index in [0.717, 1.165) is 39.0 Å². The molecule has 41 heavy (non-hydrogen) atoms. The largest absolute Gasteiger partial charge is 0.381 e. The summed E-state index contributed by atoms with van der Waals surface area (Å²) in [6, 6.07) is 0. The van der Waals surface area contributed by atoms with Crippen molar-refractivity contribution in [2.45, 2.75) is 174 Å². The first-order valence-electron chi connectivity index (χ1n) is 18.3. The summed E-state index contributed by atoms with van der Waals surface area (Å²) >= 11 is 0. The maximum Gasteiger partial charge on any atom is 0.0478 e. The molecule has 0 amide bonds. The monoisotopic (exact) mass is 572 g/mol. The second kappa shape index (κ2) is 38.9. The molecule has 2 heteroatoms. The predicted octanol–water partition coefficient (Wildman–Crippen LogP) is 12.6. The van der Waals surface area contributed by atoms with E-state index in [9.17, 15) is 0 Å². The van der Waals surface area contributed by atoms with E-state index in [-0.39, 0.29) is 0 Å². The van der Waals surface area contributed by atoms with Crippen LogP contribution >= 0.6 is 0 Å². The Balaban J connectivity index is 3.14. The van der Waals surface area contributed by atoms with Gasteiger partial charge in [0.05, 0.1) is 0 Å². The Bertz CT molecular complexity index is 526. The Kier molecular flexibility index (Phi) is 37.8. The van der Waals surface area contributed by atoms with Crippen LogP contribution in [0.5, 0.6) is 0 Å². The Morgan fingerprint density at radius 1 is 0.366 bits per heavy atom. The summed E-state index contributed by atoms with van der Waals surface area (Å²) in [5.41, 5.74) is 0. The van der Waals surface area contributed by atoms with E-state index < -0.39 is 0 Å². The van der Waals surface area contributed by atoms with Crippen molar-refractivity contribution in [3.05, 3.63) is 48.6 Å². The lowest BCUT2D eigenvalue weighted by atomic mass is 10.1. The average Bonchev–Trinajstić information content (AvgIpc) is 2.98. The molecule has 0 aliphatic rings. The van der Waals surface area contributed by atoms with Gasteiger partial charge in [-0.15, -0.1) is 0 Å². The van der Waals surface area contributed by atoms with E-state index in [4.69, 9.17) is 4.74 Å². The maximum atomic E-state index is 5.83. The molecule has 0 radical (unpaired) electrons. The number of ether oxygens (including phenoxy) is 1. The number of unbranched alkanes of at least 4 members (excludes halogenated alkanes) is 18. The van der Waals surface area contributed by atoms with Crippen molar-refractivity contribution in [1.82, 2.24) is 5.32 Å². The van der Waals surface area contributed by atoms with E-state index in [2.05, 4.69) is 67.8 Å². The third-order valence-corrected chi connectivity index (χ3v) is 7.69. The minimum Gasteiger partial charge on any atom is -0.381 e. The molecule has 0 aromatic carbocycles. The molecule has 0 aromatic heterocycles. The lowest BCUT2D eigenvalue weighted by Crippen LogP contribution is -2.18. The zero-order valence-electron chi connectivity index (χ0n) is 28.0. The smallest absolute Gasteiger partial charge is 0.0478 e. The Morgan fingerprint density at radius 2 is 0.732 bits per heavy atom. The van der Waals surface area contributed by atoms with E-state index >= 15 is 0 Å². The van der Waals surface area contributed by atoms with Gasteiger partial charge in [-0.2, -0.15) is 0 Å². The molecule has 240 valence electrons. The highest BCUT2D eigenvalue weighted by Gasteiger charge is 1.94. The van der Waals surface area contributed by atoms with Gasteiger partial charge in [0.15, 0.2) is 0 Å². The van der Waals surface area contributed by atoms with Crippen molar-refractivity contribution < 1.29 is 4.74 Å². The summed E-state index contributed by atoms with van der Waals surface area (Å²) in [7, 11) is 0. The fourth-order valence-corrected chi connectivity index (χ4v) is 4.96. The summed E-state index contributed by atoms with van der Waals surface area (Å²) < 4.78 is 5.83. The van der Waals surface area contributed by atoms with Gasteiger partial charge in [0, 0.05) is 13.2 Å². The Hall–Kier alpha value is -1.12. The molecular weight excluding hydrogens is 498 g/mol. The van der Waals surface area contributed by atoms with E-state index in [1.54, 1.807) is 0 Å². The van der Waals surface area contributed by atoms with Gasteiger partial charge in [0.25, 0.3) is 0 Å². The van der Waals surface area contributed by atoms with Gasteiger partial charge in [-0.25, -0.2) is 0 Å². The summed E-state index contributed by atoms with van der Waals surface area (Å²) in [5.74, 6) is 0. The fourth-order valence-electron chi connectivity index (χ4n) is 4.96. The molecule has 0 fully saturated rings. The minimum absolute atomic E-state index is 0.914. The minimum atomic E-state index is 0.914. The van der Waals surface area contributed by atoms with Crippen molar-refractivity contribution >= 4 is 0 Å². The second-order valence-corrected chi connectivity index (χ2v) is 11.9. The van der Waals surface area contributed by atoms with Crippen LogP contribution in [0.2, 0.25) is 0 Å². The average molecular weight is 572 g/mol. The van der Waals surface area contributed by atoms with Crippen molar-refractivity contribution in [3.8, 4) is 0 Å². The van der Waals surface area contributed by atoms with Gasteiger partial charge in [-0.3, -0.25) is 0 Å². The first-order valence-corrected chi connectivity index (χ1v) is 18.3. The van der Waals surface area contributed by atoms with Crippen molar-refractivity contribution in [2.24, 2.45) is 0 Å². The maximum absolute atomic E-state index is 5.83. The number of hydrogen-bond acceptors (Lipinski definition) is 2. The Labute approximate surface area is 259 Å². The third-order valence-electron chi connectivity index (χ3n) is 7.69. The van der Waals surface area contributed by atoms with Crippen LogP contribution in [0.25, 0.3) is 0 Å². The highest BCUT2D eigenvalue weighted by molar-refractivity contribution is 4.93. The number of allylic oxidation sites excluding steroid dienone is 8. The molecule has 0 aliphatic carbocycles. The third kappa shape index (κ3) is 38.9. The zero-order valence-corrected chi connectivity index (χ0v) is 28.0. The number of rotatable bonds is 34. The quantitative estimate of drug-likeness (QED) is 0.0612. The van der Waals surface area contributed by atoms with Gasteiger partial charge >= 0.3 is 0 Å². The lowest BCUT2D eigenvalue weighted by Gasteiger charge is -2.06. The fraction of sp³-hybridized carbons (Fsp3) is 0.795. The second-order valence-electron chi connectivity index (χ2n) is 11.9. The summed E-state index contributed by atoms with van der Waals surface area (Å²) in [5, 5.41) is 3.59. The molecule has 0 saturated heterocycles.